The highest BCUT2D eigenvalue weighted by molar-refractivity contribution is 6.10. The highest BCUT2D eigenvalue weighted by Crippen LogP contribution is 2.48. The van der Waals surface area contributed by atoms with Gasteiger partial charge in [-0.15, -0.1) is 0 Å². The summed E-state index contributed by atoms with van der Waals surface area (Å²) in [5.74, 6) is 1.61. The average molecular weight is 683 g/mol. The first-order chi connectivity index (χ1) is 25.1. The maximum atomic E-state index is 2.68. The molecule has 0 amide bonds. The Morgan fingerprint density at radius 2 is 0.923 bits per heavy atom. The monoisotopic (exact) mass is 682 g/mol. The van der Waals surface area contributed by atoms with Crippen LogP contribution in [0.15, 0.2) is 121 Å². The Hall–Kier alpha value is -5.02. The van der Waals surface area contributed by atoms with E-state index in [2.05, 4.69) is 191 Å². The van der Waals surface area contributed by atoms with Gasteiger partial charge in [-0.2, -0.15) is 0 Å². The molecular formula is C49H52N3. The van der Waals surface area contributed by atoms with Crippen LogP contribution in [0.25, 0.3) is 38.3 Å². The van der Waals surface area contributed by atoms with Crippen LogP contribution in [0.2, 0.25) is 0 Å². The Labute approximate surface area is 310 Å². The number of para-hydroxylation sites is 3. The molecule has 6 aromatic carbocycles. The maximum absolute atomic E-state index is 2.68. The van der Waals surface area contributed by atoms with Crippen LogP contribution in [-0.2, 0) is 0 Å². The third-order valence-corrected chi connectivity index (χ3v) is 11.2. The minimum Gasteiger partial charge on any atom is -0.339 e. The number of aromatic nitrogens is 1. The summed E-state index contributed by atoms with van der Waals surface area (Å²) in [4.78, 5) is 5.35. The van der Waals surface area contributed by atoms with Gasteiger partial charge in [-0.25, -0.2) is 0 Å². The molecular weight excluding hydrogens is 631 g/mol. The van der Waals surface area contributed by atoms with Gasteiger partial charge < -0.3 is 14.4 Å². The van der Waals surface area contributed by atoms with Crippen molar-refractivity contribution in [1.82, 2.24) is 4.57 Å². The quantitative estimate of drug-likeness (QED) is 0.158. The van der Waals surface area contributed by atoms with Crippen LogP contribution in [0.5, 0.6) is 0 Å². The molecule has 8 rings (SSSR count). The summed E-state index contributed by atoms with van der Waals surface area (Å²) in [6.07, 6.45) is 1.29. The van der Waals surface area contributed by atoms with Crippen molar-refractivity contribution in [2.45, 2.75) is 79.1 Å². The Bertz CT molecular complexity index is 2280. The van der Waals surface area contributed by atoms with E-state index in [0.29, 0.717) is 23.7 Å². The van der Waals surface area contributed by atoms with Gasteiger partial charge in [0.05, 0.1) is 11.0 Å². The predicted molar refractivity (Wildman–Crippen MR) is 225 cm³/mol. The fraction of sp³-hybridized carbons (Fsp3) is 0.286. The number of hydrogen-bond acceptors (Lipinski definition) is 2. The van der Waals surface area contributed by atoms with Crippen molar-refractivity contribution in [2.24, 2.45) is 0 Å². The van der Waals surface area contributed by atoms with Crippen molar-refractivity contribution in [3.8, 4) is 5.69 Å². The van der Waals surface area contributed by atoms with E-state index in [0.717, 1.165) is 13.1 Å². The molecule has 263 valence electrons. The minimum absolute atomic E-state index is 0.403. The molecule has 1 radical (unpaired) electrons. The number of hydrogen-bond donors (Lipinski definition) is 0. The molecule has 7 aromatic rings. The Balaban J connectivity index is 1.39. The molecule has 3 heteroatoms. The topological polar surface area (TPSA) is 11.4 Å². The normalized spacial score (nSPS) is 14.2. The summed E-state index contributed by atoms with van der Waals surface area (Å²) in [6.45, 7) is 20.6. The van der Waals surface area contributed by atoms with Gasteiger partial charge in [-0.3, -0.25) is 0 Å². The molecule has 0 aliphatic carbocycles. The van der Waals surface area contributed by atoms with Gasteiger partial charge in [0.15, 0.2) is 6.17 Å². The van der Waals surface area contributed by atoms with Gasteiger partial charge >= 0.3 is 0 Å². The molecule has 1 saturated heterocycles. The third kappa shape index (κ3) is 5.66. The van der Waals surface area contributed by atoms with Gasteiger partial charge in [0, 0.05) is 46.5 Å². The van der Waals surface area contributed by atoms with Crippen molar-refractivity contribution in [2.75, 3.05) is 22.9 Å². The van der Waals surface area contributed by atoms with Crippen molar-refractivity contribution < 1.29 is 0 Å². The molecule has 3 nitrogen and oxygen atoms in total. The summed E-state index contributed by atoms with van der Waals surface area (Å²) < 4.78 is 2.45. The zero-order valence-electron chi connectivity index (χ0n) is 32.1. The largest absolute Gasteiger partial charge is 0.339 e. The lowest BCUT2D eigenvalue weighted by Crippen LogP contribution is -2.34. The van der Waals surface area contributed by atoms with Crippen molar-refractivity contribution in [3.63, 3.8) is 0 Å². The molecule has 1 aliphatic heterocycles. The lowest BCUT2D eigenvalue weighted by atomic mass is 9.90. The van der Waals surface area contributed by atoms with Crippen molar-refractivity contribution in [1.29, 1.82) is 0 Å². The van der Waals surface area contributed by atoms with Crippen LogP contribution in [0, 0.1) is 6.17 Å². The van der Waals surface area contributed by atoms with Gasteiger partial charge in [0.2, 0.25) is 0 Å². The van der Waals surface area contributed by atoms with Crippen LogP contribution in [0.1, 0.15) is 107 Å². The van der Waals surface area contributed by atoms with Crippen molar-refractivity contribution >= 4 is 44.0 Å². The fourth-order valence-electron chi connectivity index (χ4n) is 8.66. The Morgan fingerprint density at radius 3 is 1.48 bits per heavy atom. The molecule has 0 spiro atoms. The summed E-state index contributed by atoms with van der Waals surface area (Å²) in [7, 11) is 0. The number of benzene rings is 6. The fourth-order valence-corrected chi connectivity index (χ4v) is 8.66. The Morgan fingerprint density at radius 1 is 0.423 bits per heavy atom. The Kier molecular flexibility index (Phi) is 8.86. The molecule has 0 N–H and O–H groups in total. The van der Waals surface area contributed by atoms with E-state index in [1.165, 1.54) is 83.6 Å². The molecule has 1 aromatic heterocycles. The lowest BCUT2D eigenvalue weighted by molar-refractivity contribution is 0.799. The number of fused-ring (bicyclic) bond motifs is 4. The first-order valence-electron chi connectivity index (χ1n) is 19.3. The molecule has 0 bridgehead atoms. The lowest BCUT2D eigenvalue weighted by Gasteiger charge is -2.37. The van der Waals surface area contributed by atoms with Gasteiger partial charge in [0.1, 0.15) is 0 Å². The first kappa shape index (κ1) is 34.1. The highest BCUT2D eigenvalue weighted by Gasteiger charge is 2.40. The summed E-state index contributed by atoms with van der Waals surface area (Å²) in [6, 6.07) is 45.6. The van der Waals surface area contributed by atoms with E-state index in [-0.39, 0.29) is 0 Å². The maximum Gasteiger partial charge on any atom is 0.187 e. The zero-order chi connectivity index (χ0) is 36.3. The van der Waals surface area contributed by atoms with E-state index in [1.807, 2.05) is 0 Å². The number of rotatable bonds is 8. The first-order valence-corrected chi connectivity index (χ1v) is 19.3. The molecule has 0 unspecified atom stereocenters. The van der Waals surface area contributed by atoms with E-state index >= 15 is 0 Å². The van der Waals surface area contributed by atoms with E-state index in [1.54, 1.807) is 0 Å². The number of nitrogens with zero attached hydrogens (tertiary/aromatic N) is 3. The van der Waals surface area contributed by atoms with Gasteiger partial charge in [0.25, 0.3) is 0 Å². The highest BCUT2D eigenvalue weighted by atomic mass is 15.4. The molecule has 0 atom stereocenters. The number of anilines is 2. The van der Waals surface area contributed by atoms with Crippen LogP contribution in [0.4, 0.5) is 11.4 Å². The van der Waals surface area contributed by atoms with Crippen LogP contribution >= 0.6 is 0 Å². The summed E-state index contributed by atoms with van der Waals surface area (Å²) >= 11 is 0. The smallest absolute Gasteiger partial charge is 0.187 e. The average Bonchev–Trinajstić information content (AvgIpc) is 3.73. The molecule has 52 heavy (non-hydrogen) atoms. The van der Waals surface area contributed by atoms with E-state index < -0.39 is 0 Å². The molecule has 1 aliphatic rings. The van der Waals surface area contributed by atoms with Crippen molar-refractivity contribution in [3.05, 3.63) is 155 Å². The summed E-state index contributed by atoms with van der Waals surface area (Å²) in [5, 5.41) is 5.07. The standard InChI is InChI=1S/C49H52N3/c1-31(2)39-18-13-19-40(32(3)4)47(39)50-27-28-51(48-41(33(5)6)20-14-21-42(48)34(7)8)49(50)37-24-26-46-44(30-37)43-17-11-12-22-45(43)52(46)38-25-23-35-15-9-10-16-36(35)29-38/h9-26,29-34H,27-28H2,1-8H3. The van der Waals surface area contributed by atoms with Crippen LogP contribution < -0.4 is 9.80 Å². The second kappa shape index (κ2) is 13.5. The van der Waals surface area contributed by atoms with Crippen LogP contribution in [-0.4, -0.2) is 17.7 Å². The molecule has 1 fully saturated rings. The zero-order valence-corrected chi connectivity index (χ0v) is 32.1. The summed E-state index contributed by atoms with van der Waals surface area (Å²) in [5.41, 5.74) is 13.3. The second-order valence-electron chi connectivity index (χ2n) is 15.9. The second-order valence-corrected chi connectivity index (χ2v) is 15.9. The van der Waals surface area contributed by atoms with Crippen LogP contribution in [0.3, 0.4) is 0 Å². The molecule has 2 heterocycles. The SMILES string of the molecule is CC(C)c1cccc(C(C)C)c1N1CCN(c2c(C(C)C)cccc2C(C)C)[C]1c1ccc2c(c1)c1ccccc1n2-c1ccc2ccccc2c1. The van der Waals surface area contributed by atoms with Gasteiger partial charge in [-0.05, 0) is 87.0 Å². The third-order valence-electron chi connectivity index (χ3n) is 11.2. The molecule has 0 saturated carbocycles. The predicted octanol–water partition coefficient (Wildman–Crippen LogP) is 13.3. The minimum atomic E-state index is 0.403. The van der Waals surface area contributed by atoms with Gasteiger partial charge in [-0.1, -0.05) is 146 Å². The van der Waals surface area contributed by atoms with E-state index in [9.17, 15) is 0 Å². The van der Waals surface area contributed by atoms with E-state index in [4.69, 9.17) is 0 Å².